The molecule has 0 aliphatic carbocycles. The third kappa shape index (κ3) is 8.42. The number of allylic oxidation sites excluding steroid dienone is 2. The van der Waals surface area contributed by atoms with Crippen LogP contribution >= 0.6 is 0 Å². The van der Waals surface area contributed by atoms with E-state index in [-0.39, 0.29) is 0 Å². The number of methoxy groups -OCH3 is 1. The molecule has 0 unspecified atom stereocenters. The van der Waals surface area contributed by atoms with Gasteiger partial charge < -0.3 is 9.64 Å². The van der Waals surface area contributed by atoms with Crippen molar-refractivity contribution in [2.24, 2.45) is 0 Å². The second kappa shape index (κ2) is 17.1. The molecule has 0 saturated heterocycles. The van der Waals surface area contributed by atoms with Crippen molar-refractivity contribution in [3.8, 4) is 5.75 Å². The van der Waals surface area contributed by atoms with E-state index in [0.29, 0.717) is 0 Å². The molecule has 0 fully saturated rings. The zero-order valence-electron chi connectivity index (χ0n) is 32.6. The molecular weight excluding hydrogens is 691 g/mol. The molecule has 0 atom stereocenters. The molecule has 0 bridgehead atoms. The Hall–Kier alpha value is -7.16. The van der Waals surface area contributed by atoms with E-state index in [1.54, 1.807) is 7.11 Å². The Morgan fingerprint density at radius 1 is 0.456 bits per heavy atom. The molecule has 0 aliphatic heterocycles. The van der Waals surface area contributed by atoms with Gasteiger partial charge in [0.25, 0.3) is 0 Å². The zero-order chi connectivity index (χ0) is 39.0. The first-order valence-corrected chi connectivity index (χ1v) is 19.4. The number of hydrogen-bond acceptors (Lipinski definition) is 2. The fourth-order valence-electron chi connectivity index (χ4n) is 7.33. The van der Waals surface area contributed by atoms with Gasteiger partial charge in [-0.2, -0.15) is 0 Å². The molecule has 8 aromatic rings. The quantitative estimate of drug-likeness (QED) is 0.0969. The lowest BCUT2D eigenvalue weighted by Crippen LogP contribution is -2.10. The fourth-order valence-corrected chi connectivity index (χ4v) is 7.33. The molecule has 0 spiro atoms. The molecule has 276 valence electrons. The van der Waals surface area contributed by atoms with Gasteiger partial charge in [-0.1, -0.05) is 181 Å². The van der Waals surface area contributed by atoms with E-state index in [1.807, 2.05) is 12.1 Å². The summed E-state index contributed by atoms with van der Waals surface area (Å²) in [6.07, 6.45) is 8.86. The van der Waals surface area contributed by atoms with E-state index in [4.69, 9.17) is 4.74 Å². The Bertz CT molecular complexity index is 2580. The molecule has 0 amide bonds. The maximum Gasteiger partial charge on any atom is 0.119 e. The van der Waals surface area contributed by atoms with Crippen LogP contribution in [-0.4, -0.2) is 7.11 Å². The van der Waals surface area contributed by atoms with Crippen LogP contribution in [0, 0.1) is 13.8 Å². The lowest BCUT2D eigenvalue weighted by molar-refractivity contribution is 0.415. The smallest absolute Gasteiger partial charge is 0.119 e. The van der Waals surface area contributed by atoms with E-state index in [9.17, 15) is 0 Å². The highest BCUT2D eigenvalue weighted by molar-refractivity contribution is 6.05. The van der Waals surface area contributed by atoms with Crippen molar-refractivity contribution in [1.82, 2.24) is 0 Å². The lowest BCUT2D eigenvalue weighted by atomic mass is 9.92. The average Bonchev–Trinajstić information content (AvgIpc) is 3.27. The number of nitrogens with zero attached hydrogens (tertiary/aromatic N) is 1. The highest BCUT2D eigenvalue weighted by atomic mass is 16.5. The number of hydrogen-bond donors (Lipinski definition) is 0. The number of ether oxygens (including phenoxy) is 1. The molecule has 8 rings (SSSR count). The van der Waals surface area contributed by atoms with E-state index in [2.05, 4.69) is 225 Å². The molecule has 2 heteroatoms. The second-order valence-electron chi connectivity index (χ2n) is 14.3. The minimum Gasteiger partial charge on any atom is -0.497 e. The van der Waals surface area contributed by atoms with Gasteiger partial charge in [-0.05, 0) is 112 Å². The minimum absolute atomic E-state index is 0.822. The normalized spacial score (nSPS) is 11.0. The maximum atomic E-state index is 5.56. The third-order valence-corrected chi connectivity index (χ3v) is 10.4. The third-order valence-electron chi connectivity index (χ3n) is 10.4. The molecule has 2 nitrogen and oxygen atoms in total. The topological polar surface area (TPSA) is 12.5 Å². The average molecular weight is 736 g/mol. The van der Waals surface area contributed by atoms with Gasteiger partial charge >= 0.3 is 0 Å². The van der Waals surface area contributed by atoms with Crippen molar-refractivity contribution < 1.29 is 4.74 Å². The Morgan fingerprint density at radius 3 is 1.49 bits per heavy atom. The second-order valence-corrected chi connectivity index (χ2v) is 14.3. The molecule has 8 aromatic carbocycles. The van der Waals surface area contributed by atoms with Gasteiger partial charge in [-0.25, -0.2) is 0 Å². The molecule has 0 N–H and O–H groups in total. The number of benzene rings is 8. The first kappa shape index (κ1) is 36.8. The van der Waals surface area contributed by atoms with Gasteiger partial charge in [-0.15, -0.1) is 0 Å². The summed E-state index contributed by atoms with van der Waals surface area (Å²) in [6.45, 7) is 4.27. The fraction of sp³-hybridized carbons (Fsp3) is 0.0545. The molecule has 57 heavy (non-hydrogen) atoms. The largest absolute Gasteiger partial charge is 0.497 e. The number of aryl methyl sites for hydroxylation is 2. The van der Waals surface area contributed by atoms with Crippen molar-refractivity contribution in [3.05, 3.63) is 251 Å². The SMILES string of the molecule is COc1ccc(N(c2ccc(/C=C/C=C(c3ccccc3)c3ccccc3)cc2)c2ccc(C=C(c3ccc(C)cc3)c3ccc(C)cc3)c3ccccc23)cc1. The molecule has 0 aromatic heterocycles. The van der Waals surface area contributed by atoms with E-state index < -0.39 is 0 Å². The number of fused-ring (bicyclic) bond motifs is 1. The van der Waals surface area contributed by atoms with Crippen LogP contribution in [-0.2, 0) is 0 Å². The number of rotatable bonds is 11. The monoisotopic (exact) mass is 735 g/mol. The highest BCUT2D eigenvalue weighted by Gasteiger charge is 2.17. The van der Waals surface area contributed by atoms with Crippen molar-refractivity contribution in [2.75, 3.05) is 12.0 Å². The van der Waals surface area contributed by atoms with Gasteiger partial charge in [0.2, 0.25) is 0 Å². The van der Waals surface area contributed by atoms with Gasteiger partial charge in [0.1, 0.15) is 5.75 Å². The summed E-state index contributed by atoms with van der Waals surface area (Å²) in [4.78, 5) is 2.34. The molecule has 0 aliphatic rings. The maximum absolute atomic E-state index is 5.56. The number of anilines is 3. The van der Waals surface area contributed by atoms with Crippen molar-refractivity contribution in [1.29, 1.82) is 0 Å². The van der Waals surface area contributed by atoms with E-state index in [1.165, 1.54) is 55.5 Å². The predicted octanol–water partition coefficient (Wildman–Crippen LogP) is 14.7. The van der Waals surface area contributed by atoms with Crippen LogP contribution in [0.5, 0.6) is 5.75 Å². The van der Waals surface area contributed by atoms with E-state index in [0.717, 1.165) is 33.8 Å². The summed E-state index contributed by atoms with van der Waals surface area (Å²) in [5, 5.41) is 2.35. The first-order chi connectivity index (χ1) is 28.0. The Morgan fingerprint density at radius 2 is 0.947 bits per heavy atom. The molecule has 0 saturated carbocycles. The Kier molecular flexibility index (Phi) is 11.0. The van der Waals surface area contributed by atoms with Crippen LogP contribution < -0.4 is 9.64 Å². The van der Waals surface area contributed by atoms with Crippen LogP contribution in [0.15, 0.2) is 206 Å². The van der Waals surface area contributed by atoms with Crippen LogP contribution in [0.25, 0.3) is 34.1 Å². The standard InChI is InChI=1S/C55H45NO/c1-40-21-27-45(28-22-40)54(46-29-23-41(2)24-30-46)39-47-31-38-55(53-19-11-10-18-52(47)53)56(49-34-36-50(57-3)37-35-49)48-32-25-42(26-33-48)13-12-20-51(43-14-6-4-7-15-43)44-16-8-5-9-17-44/h4-39H,1-3H3/b13-12+. The Balaban J connectivity index is 1.19. The minimum atomic E-state index is 0.822. The molecule has 0 radical (unpaired) electrons. The summed E-state index contributed by atoms with van der Waals surface area (Å²) in [7, 11) is 1.71. The molecule has 0 heterocycles. The summed E-state index contributed by atoms with van der Waals surface area (Å²) in [6, 6.07) is 69.1. The zero-order valence-corrected chi connectivity index (χ0v) is 32.6. The highest BCUT2D eigenvalue weighted by Crippen LogP contribution is 2.41. The van der Waals surface area contributed by atoms with Crippen LogP contribution in [0.2, 0.25) is 0 Å². The summed E-state index contributed by atoms with van der Waals surface area (Å²) < 4.78 is 5.56. The molecular formula is C55H45NO. The van der Waals surface area contributed by atoms with Crippen LogP contribution in [0.3, 0.4) is 0 Å². The van der Waals surface area contributed by atoms with Gasteiger partial charge in [0.15, 0.2) is 0 Å². The van der Waals surface area contributed by atoms with Gasteiger partial charge in [0, 0.05) is 16.8 Å². The van der Waals surface area contributed by atoms with Gasteiger partial charge in [0.05, 0.1) is 12.8 Å². The van der Waals surface area contributed by atoms with Crippen LogP contribution in [0.4, 0.5) is 17.1 Å². The summed E-state index contributed by atoms with van der Waals surface area (Å²) in [5.74, 6) is 0.822. The van der Waals surface area contributed by atoms with Crippen molar-refractivity contribution in [2.45, 2.75) is 13.8 Å². The summed E-state index contributed by atoms with van der Waals surface area (Å²) in [5.41, 5.74) is 15.1. The summed E-state index contributed by atoms with van der Waals surface area (Å²) >= 11 is 0. The van der Waals surface area contributed by atoms with Gasteiger partial charge in [-0.3, -0.25) is 0 Å². The van der Waals surface area contributed by atoms with E-state index >= 15 is 0 Å². The van der Waals surface area contributed by atoms with Crippen LogP contribution in [0.1, 0.15) is 44.5 Å². The van der Waals surface area contributed by atoms with Crippen molar-refractivity contribution >= 4 is 51.1 Å². The Labute approximate surface area is 337 Å². The lowest BCUT2D eigenvalue weighted by Gasteiger charge is -2.27. The van der Waals surface area contributed by atoms with Crippen molar-refractivity contribution in [3.63, 3.8) is 0 Å². The predicted molar refractivity (Wildman–Crippen MR) is 244 cm³/mol. The first-order valence-electron chi connectivity index (χ1n) is 19.4.